The van der Waals surface area contributed by atoms with Gasteiger partial charge in [-0.25, -0.2) is 4.98 Å². The van der Waals surface area contributed by atoms with Crippen LogP contribution < -0.4 is 5.32 Å². The molecule has 23 heavy (non-hydrogen) atoms. The van der Waals surface area contributed by atoms with Crippen molar-refractivity contribution in [1.29, 1.82) is 0 Å². The van der Waals surface area contributed by atoms with Gasteiger partial charge in [-0.2, -0.15) is 0 Å². The van der Waals surface area contributed by atoms with Crippen LogP contribution in [0.1, 0.15) is 32.9 Å². The van der Waals surface area contributed by atoms with Crippen molar-refractivity contribution in [3.63, 3.8) is 0 Å². The van der Waals surface area contributed by atoms with Gasteiger partial charge in [0.15, 0.2) is 0 Å². The van der Waals surface area contributed by atoms with Crippen LogP contribution in [0.25, 0.3) is 16.5 Å². The second kappa shape index (κ2) is 6.13. The number of para-hydroxylation sites is 1. The number of pyridine rings is 1. The molecule has 0 radical (unpaired) electrons. The molecule has 0 saturated heterocycles. The molecule has 0 spiro atoms. The van der Waals surface area contributed by atoms with Crippen LogP contribution in [0.15, 0.2) is 42.5 Å². The monoisotopic (exact) mass is 310 g/mol. The van der Waals surface area contributed by atoms with Crippen molar-refractivity contribution >= 4 is 22.4 Å². The Balaban J connectivity index is 1.79. The molecular formula is C19H22N2O2. The predicted molar refractivity (Wildman–Crippen MR) is 92.0 cm³/mol. The summed E-state index contributed by atoms with van der Waals surface area (Å²) in [5.41, 5.74) is 2.52. The van der Waals surface area contributed by atoms with E-state index in [4.69, 9.17) is 9.72 Å². The highest BCUT2D eigenvalue weighted by molar-refractivity contribution is 5.83. The summed E-state index contributed by atoms with van der Waals surface area (Å²) < 4.78 is 5.48. The highest BCUT2D eigenvalue weighted by atomic mass is 16.6. The molecule has 4 heteroatoms. The minimum atomic E-state index is -0.471. The Kier molecular flexibility index (Phi) is 4.18. The van der Waals surface area contributed by atoms with Crippen LogP contribution in [0.2, 0.25) is 0 Å². The van der Waals surface area contributed by atoms with E-state index in [0.717, 1.165) is 22.2 Å². The minimum Gasteiger partial charge on any atom is -0.459 e. The van der Waals surface area contributed by atoms with E-state index in [9.17, 15) is 4.79 Å². The molecule has 4 nitrogen and oxygen atoms in total. The van der Waals surface area contributed by atoms with Gasteiger partial charge in [0.05, 0.1) is 11.2 Å². The summed E-state index contributed by atoms with van der Waals surface area (Å²) in [6.07, 6.45) is 2.69. The largest absolute Gasteiger partial charge is 0.459 e. The number of nitrogens with one attached hydrogen (secondary N) is 1. The van der Waals surface area contributed by atoms with Crippen LogP contribution >= 0.6 is 0 Å². The van der Waals surface area contributed by atoms with Crippen molar-refractivity contribution in [3.8, 4) is 0 Å². The number of hydrogen-bond donors (Lipinski definition) is 1. The van der Waals surface area contributed by atoms with Crippen LogP contribution in [-0.4, -0.2) is 29.1 Å². The molecule has 2 heterocycles. The van der Waals surface area contributed by atoms with Gasteiger partial charge in [0.25, 0.3) is 0 Å². The molecule has 1 aliphatic rings. The van der Waals surface area contributed by atoms with E-state index < -0.39 is 5.60 Å². The van der Waals surface area contributed by atoms with Crippen molar-refractivity contribution in [2.45, 2.75) is 38.8 Å². The lowest BCUT2D eigenvalue weighted by Gasteiger charge is -2.27. The number of carbonyl (C=O) groups excluding carboxylic acids is 1. The fraction of sp³-hybridized carbons (Fsp3) is 0.368. The number of nitrogens with zero attached hydrogens (tertiary/aromatic N) is 1. The SMILES string of the molecule is CC(C)(C)OC(=O)C1CC(c2ccc3ccccc3n2)=CCN1. The van der Waals surface area contributed by atoms with Crippen LogP contribution in [0.3, 0.4) is 0 Å². The zero-order valence-electron chi connectivity index (χ0n) is 13.8. The molecule has 0 saturated carbocycles. The lowest BCUT2D eigenvalue weighted by atomic mass is 9.98. The molecule has 1 atom stereocenters. The molecule has 1 aromatic heterocycles. The van der Waals surface area contributed by atoms with E-state index in [0.29, 0.717) is 13.0 Å². The summed E-state index contributed by atoms with van der Waals surface area (Å²) >= 11 is 0. The second-order valence-corrected chi connectivity index (χ2v) is 6.82. The Labute approximate surface area is 136 Å². The molecule has 1 unspecified atom stereocenters. The number of hydrogen-bond acceptors (Lipinski definition) is 4. The van der Waals surface area contributed by atoms with Gasteiger partial charge in [0, 0.05) is 18.4 Å². The van der Waals surface area contributed by atoms with Crippen LogP contribution in [-0.2, 0) is 9.53 Å². The third kappa shape index (κ3) is 3.77. The lowest BCUT2D eigenvalue weighted by Crippen LogP contribution is -2.43. The van der Waals surface area contributed by atoms with Gasteiger partial charge in [-0.1, -0.05) is 30.3 Å². The Morgan fingerprint density at radius 2 is 2.00 bits per heavy atom. The molecule has 1 aliphatic heterocycles. The first kappa shape index (κ1) is 15.7. The van der Waals surface area contributed by atoms with Crippen LogP contribution in [0.4, 0.5) is 0 Å². The number of benzene rings is 1. The van der Waals surface area contributed by atoms with Gasteiger partial charge in [-0.3, -0.25) is 4.79 Å². The smallest absolute Gasteiger partial charge is 0.324 e. The Morgan fingerprint density at radius 1 is 1.22 bits per heavy atom. The van der Waals surface area contributed by atoms with Gasteiger partial charge in [0.1, 0.15) is 11.6 Å². The van der Waals surface area contributed by atoms with Crippen molar-refractivity contribution in [2.24, 2.45) is 0 Å². The maximum absolute atomic E-state index is 12.3. The maximum atomic E-state index is 12.3. The van der Waals surface area contributed by atoms with E-state index in [2.05, 4.69) is 17.5 Å². The molecule has 1 N–H and O–H groups in total. The van der Waals surface area contributed by atoms with Crippen LogP contribution in [0.5, 0.6) is 0 Å². The summed E-state index contributed by atoms with van der Waals surface area (Å²) in [5.74, 6) is -0.205. The summed E-state index contributed by atoms with van der Waals surface area (Å²) in [5, 5.41) is 4.32. The van der Waals surface area contributed by atoms with E-state index in [-0.39, 0.29) is 12.0 Å². The Morgan fingerprint density at radius 3 is 2.78 bits per heavy atom. The first-order chi connectivity index (χ1) is 10.9. The number of carbonyl (C=O) groups is 1. The van der Waals surface area contributed by atoms with E-state index in [1.54, 1.807) is 0 Å². The molecule has 120 valence electrons. The Bertz CT molecular complexity index is 759. The fourth-order valence-electron chi connectivity index (χ4n) is 2.69. The average Bonchev–Trinajstić information content (AvgIpc) is 2.53. The van der Waals surface area contributed by atoms with E-state index in [1.807, 2.05) is 51.1 Å². The molecular weight excluding hydrogens is 288 g/mol. The summed E-state index contributed by atoms with van der Waals surface area (Å²) in [6.45, 7) is 6.30. The van der Waals surface area contributed by atoms with E-state index in [1.165, 1.54) is 0 Å². The second-order valence-electron chi connectivity index (χ2n) is 6.82. The molecule has 0 aliphatic carbocycles. The standard InChI is InChI=1S/C19H22N2O2/c1-19(2,3)23-18(22)17-12-14(10-11-20-17)16-9-8-13-6-4-5-7-15(13)21-16/h4-10,17,20H,11-12H2,1-3H3. The summed E-state index contributed by atoms with van der Waals surface area (Å²) in [4.78, 5) is 17.0. The number of esters is 1. The highest BCUT2D eigenvalue weighted by Crippen LogP contribution is 2.24. The number of fused-ring (bicyclic) bond motifs is 1. The minimum absolute atomic E-state index is 0.205. The topological polar surface area (TPSA) is 51.2 Å². The zero-order valence-corrected chi connectivity index (χ0v) is 13.8. The molecule has 0 bridgehead atoms. The normalized spacial score (nSPS) is 18.6. The number of rotatable bonds is 2. The van der Waals surface area contributed by atoms with Crippen LogP contribution in [0, 0.1) is 0 Å². The van der Waals surface area contributed by atoms with Gasteiger partial charge < -0.3 is 10.1 Å². The summed E-state index contributed by atoms with van der Waals surface area (Å²) in [7, 11) is 0. The quantitative estimate of drug-likeness (QED) is 0.865. The van der Waals surface area contributed by atoms with Crippen molar-refractivity contribution in [2.75, 3.05) is 6.54 Å². The first-order valence-electron chi connectivity index (χ1n) is 7.94. The number of aromatic nitrogens is 1. The van der Waals surface area contributed by atoms with Gasteiger partial charge in [-0.15, -0.1) is 0 Å². The molecule has 2 aromatic rings. The third-order valence-electron chi connectivity index (χ3n) is 3.76. The molecule has 0 amide bonds. The third-order valence-corrected chi connectivity index (χ3v) is 3.76. The lowest BCUT2D eigenvalue weighted by molar-refractivity contribution is -0.157. The molecule has 0 fully saturated rings. The maximum Gasteiger partial charge on any atom is 0.324 e. The summed E-state index contributed by atoms with van der Waals surface area (Å²) in [6, 6.07) is 11.8. The van der Waals surface area contributed by atoms with Crippen molar-refractivity contribution in [3.05, 3.63) is 48.2 Å². The van der Waals surface area contributed by atoms with Gasteiger partial charge in [-0.05, 0) is 38.5 Å². The molecule has 1 aromatic carbocycles. The zero-order chi connectivity index (χ0) is 16.4. The van der Waals surface area contributed by atoms with Gasteiger partial charge in [0.2, 0.25) is 0 Å². The Hall–Kier alpha value is -2.20. The number of ether oxygens (including phenoxy) is 1. The highest BCUT2D eigenvalue weighted by Gasteiger charge is 2.28. The van der Waals surface area contributed by atoms with Crippen molar-refractivity contribution < 1.29 is 9.53 Å². The average molecular weight is 310 g/mol. The van der Waals surface area contributed by atoms with E-state index >= 15 is 0 Å². The molecule has 3 rings (SSSR count). The fourth-order valence-corrected chi connectivity index (χ4v) is 2.69. The first-order valence-corrected chi connectivity index (χ1v) is 7.94. The van der Waals surface area contributed by atoms with Crippen molar-refractivity contribution in [1.82, 2.24) is 10.3 Å². The predicted octanol–water partition coefficient (Wildman–Crippen LogP) is 3.32. The van der Waals surface area contributed by atoms with Gasteiger partial charge >= 0.3 is 5.97 Å².